The molecular formula is C14H15BO2S. The van der Waals surface area contributed by atoms with Crippen molar-refractivity contribution in [1.82, 2.24) is 0 Å². The highest BCUT2D eigenvalue weighted by atomic mass is 32.2. The van der Waals surface area contributed by atoms with E-state index in [-0.39, 0.29) is 0 Å². The van der Waals surface area contributed by atoms with Crippen LogP contribution in [-0.4, -0.2) is 22.9 Å². The summed E-state index contributed by atoms with van der Waals surface area (Å²) in [5.74, 6) is 0.981. The van der Waals surface area contributed by atoms with Crippen LogP contribution in [0.5, 0.6) is 0 Å². The Morgan fingerprint density at radius 3 is 2.44 bits per heavy atom. The smallest absolute Gasteiger partial charge is 0.423 e. The first-order chi connectivity index (χ1) is 8.75. The molecule has 0 spiro atoms. The third kappa shape index (κ3) is 3.91. The maximum atomic E-state index is 9.10. The standard InChI is InChI=1S/C14H15BO2S/c16-15(17)13-7-4-8-14(11-13)18-10-9-12-5-2-1-3-6-12/h1-8,11,16-17H,9-10H2. The molecule has 2 N–H and O–H groups in total. The van der Waals surface area contributed by atoms with Gasteiger partial charge in [-0.15, -0.1) is 11.8 Å². The van der Waals surface area contributed by atoms with Crippen LogP contribution in [0.2, 0.25) is 0 Å². The highest BCUT2D eigenvalue weighted by Crippen LogP contribution is 2.17. The average molecular weight is 258 g/mol. The summed E-state index contributed by atoms with van der Waals surface area (Å²) in [6, 6.07) is 17.7. The minimum absolute atomic E-state index is 0.541. The van der Waals surface area contributed by atoms with Crippen molar-refractivity contribution in [2.24, 2.45) is 0 Å². The Balaban J connectivity index is 1.89. The normalized spacial score (nSPS) is 10.3. The first kappa shape index (κ1) is 13.2. The Bertz CT molecular complexity index is 488. The molecule has 2 aromatic rings. The van der Waals surface area contributed by atoms with E-state index in [0.29, 0.717) is 5.46 Å². The van der Waals surface area contributed by atoms with Crippen LogP contribution in [0.25, 0.3) is 0 Å². The monoisotopic (exact) mass is 258 g/mol. The van der Waals surface area contributed by atoms with E-state index in [0.717, 1.165) is 17.1 Å². The Kier molecular flexibility index (Phi) is 4.87. The van der Waals surface area contributed by atoms with Gasteiger partial charge >= 0.3 is 7.12 Å². The molecule has 0 aliphatic rings. The Labute approximate surface area is 112 Å². The maximum Gasteiger partial charge on any atom is 0.488 e. The highest BCUT2D eigenvalue weighted by molar-refractivity contribution is 7.99. The summed E-state index contributed by atoms with van der Waals surface area (Å²) in [6.07, 6.45) is 1.01. The second-order valence-corrected chi connectivity index (χ2v) is 5.20. The van der Waals surface area contributed by atoms with Crippen LogP contribution in [0.3, 0.4) is 0 Å². The zero-order chi connectivity index (χ0) is 12.8. The lowest BCUT2D eigenvalue weighted by Gasteiger charge is -2.04. The molecule has 92 valence electrons. The molecule has 0 saturated heterocycles. The van der Waals surface area contributed by atoms with E-state index in [1.807, 2.05) is 36.4 Å². The van der Waals surface area contributed by atoms with Crippen LogP contribution in [0.1, 0.15) is 5.56 Å². The van der Waals surface area contributed by atoms with Gasteiger partial charge in [-0.2, -0.15) is 0 Å². The molecule has 0 saturated carbocycles. The van der Waals surface area contributed by atoms with Crippen LogP contribution >= 0.6 is 11.8 Å². The van der Waals surface area contributed by atoms with Crippen molar-refractivity contribution in [2.75, 3.05) is 5.75 Å². The Hall–Kier alpha value is -1.23. The molecule has 0 aliphatic heterocycles. The van der Waals surface area contributed by atoms with E-state index in [1.54, 1.807) is 17.8 Å². The molecule has 2 aromatic carbocycles. The number of rotatable bonds is 5. The van der Waals surface area contributed by atoms with Gasteiger partial charge in [0.05, 0.1) is 0 Å². The van der Waals surface area contributed by atoms with Gasteiger partial charge in [-0.25, -0.2) is 0 Å². The van der Waals surface area contributed by atoms with E-state index >= 15 is 0 Å². The lowest BCUT2D eigenvalue weighted by molar-refractivity contribution is 0.425. The minimum Gasteiger partial charge on any atom is -0.423 e. The molecular weight excluding hydrogens is 243 g/mol. The summed E-state index contributed by atoms with van der Waals surface area (Å²) in [5.41, 5.74) is 1.86. The molecule has 4 heteroatoms. The van der Waals surface area contributed by atoms with Crippen LogP contribution in [0, 0.1) is 0 Å². The molecule has 0 radical (unpaired) electrons. The van der Waals surface area contributed by atoms with Crippen molar-refractivity contribution < 1.29 is 10.0 Å². The Morgan fingerprint density at radius 1 is 0.944 bits per heavy atom. The fourth-order valence-corrected chi connectivity index (χ4v) is 2.66. The molecule has 0 unspecified atom stereocenters. The number of hydrogen-bond acceptors (Lipinski definition) is 3. The van der Waals surface area contributed by atoms with Crippen molar-refractivity contribution in [3.63, 3.8) is 0 Å². The Morgan fingerprint density at radius 2 is 1.72 bits per heavy atom. The number of aryl methyl sites for hydroxylation is 1. The number of hydrogen-bond donors (Lipinski definition) is 2. The topological polar surface area (TPSA) is 40.5 Å². The SMILES string of the molecule is OB(O)c1cccc(SCCc2ccccc2)c1. The van der Waals surface area contributed by atoms with Gasteiger partial charge in [-0.3, -0.25) is 0 Å². The van der Waals surface area contributed by atoms with Crippen LogP contribution in [0.4, 0.5) is 0 Å². The molecule has 18 heavy (non-hydrogen) atoms. The first-order valence-electron chi connectivity index (χ1n) is 5.88. The van der Waals surface area contributed by atoms with Crippen LogP contribution in [0.15, 0.2) is 59.5 Å². The third-order valence-corrected chi connectivity index (χ3v) is 3.65. The zero-order valence-corrected chi connectivity index (χ0v) is 10.8. The predicted octanol–water partition coefficient (Wildman–Crippen LogP) is 1.70. The average Bonchev–Trinajstić information content (AvgIpc) is 2.40. The number of benzene rings is 2. The lowest BCUT2D eigenvalue weighted by Crippen LogP contribution is -2.29. The lowest BCUT2D eigenvalue weighted by atomic mass is 9.80. The maximum absolute atomic E-state index is 9.10. The summed E-state index contributed by atoms with van der Waals surface area (Å²) >= 11 is 1.72. The summed E-state index contributed by atoms with van der Waals surface area (Å²) in [7, 11) is -1.39. The highest BCUT2D eigenvalue weighted by Gasteiger charge is 2.10. The van der Waals surface area contributed by atoms with Gasteiger partial charge < -0.3 is 10.0 Å². The molecule has 2 nitrogen and oxygen atoms in total. The van der Waals surface area contributed by atoms with Gasteiger partial charge in [0.1, 0.15) is 0 Å². The number of thioether (sulfide) groups is 1. The first-order valence-corrected chi connectivity index (χ1v) is 6.87. The van der Waals surface area contributed by atoms with Gasteiger partial charge in [-0.1, -0.05) is 42.5 Å². The van der Waals surface area contributed by atoms with E-state index in [9.17, 15) is 0 Å². The fourth-order valence-electron chi connectivity index (χ4n) is 1.70. The van der Waals surface area contributed by atoms with Crippen molar-refractivity contribution in [1.29, 1.82) is 0 Å². The summed E-state index contributed by atoms with van der Waals surface area (Å²) < 4.78 is 0. The van der Waals surface area contributed by atoms with Gasteiger partial charge in [0.15, 0.2) is 0 Å². The molecule has 0 heterocycles. The van der Waals surface area contributed by atoms with Crippen molar-refractivity contribution in [3.05, 3.63) is 60.2 Å². The van der Waals surface area contributed by atoms with E-state index in [4.69, 9.17) is 10.0 Å². The van der Waals surface area contributed by atoms with Crippen LogP contribution < -0.4 is 5.46 Å². The largest absolute Gasteiger partial charge is 0.488 e. The van der Waals surface area contributed by atoms with Gasteiger partial charge in [0.2, 0.25) is 0 Å². The fraction of sp³-hybridized carbons (Fsp3) is 0.143. The molecule has 0 aliphatic carbocycles. The molecule has 0 fully saturated rings. The minimum atomic E-state index is -1.39. The van der Waals surface area contributed by atoms with E-state index in [2.05, 4.69) is 12.1 Å². The van der Waals surface area contributed by atoms with Crippen LogP contribution in [-0.2, 0) is 6.42 Å². The van der Waals surface area contributed by atoms with Gasteiger partial charge in [-0.05, 0) is 29.6 Å². The van der Waals surface area contributed by atoms with E-state index < -0.39 is 7.12 Å². The van der Waals surface area contributed by atoms with E-state index in [1.165, 1.54) is 5.56 Å². The molecule has 2 rings (SSSR count). The molecule has 0 aromatic heterocycles. The molecule has 0 atom stereocenters. The molecule has 0 amide bonds. The summed E-state index contributed by atoms with van der Waals surface area (Å²) in [6.45, 7) is 0. The summed E-state index contributed by atoms with van der Waals surface area (Å²) in [4.78, 5) is 1.07. The van der Waals surface area contributed by atoms with Gasteiger partial charge in [0.25, 0.3) is 0 Å². The second-order valence-electron chi connectivity index (χ2n) is 4.03. The van der Waals surface area contributed by atoms with Crippen molar-refractivity contribution >= 4 is 24.3 Å². The second kappa shape index (κ2) is 6.64. The zero-order valence-electron chi connectivity index (χ0n) is 9.99. The van der Waals surface area contributed by atoms with Gasteiger partial charge in [0, 0.05) is 10.6 Å². The summed E-state index contributed by atoms with van der Waals surface area (Å²) in [5, 5.41) is 18.2. The molecule has 0 bridgehead atoms. The third-order valence-electron chi connectivity index (χ3n) is 2.66. The van der Waals surface area contributed by atoms with Crippen molar-refractivity contribution in [3.8, 4) is 0 Å². The van der Waals surface area contributed by atoms with Crippen molar-refractivity contribution in [2.45, 2.75) is 11.3 Å². The predicted molar refractivity (Wildman–Crippen MR) is 77.1 cm³/mol. The quantitative estimate of drug-likeness (QED) is 0.633.